The van der Waals surface area contributed by atoms with Crippen molar-refractivity contribution >= 4 is 11.8 Å². The van der Waals surface area contributed by atoms with Gasteiger partial charge in [-0.1, -0.05) is 26.3 Å². The molecular weight excluding hydrogens is 340 g/mol. The molecule has 146 valence electrons. The summed E-state index contributed by atoms with van der Waals surface area (Å²) in [6.45, 7) is 5.04. The number of aliphatic hydroxyl groups excluding tert-OH is 2. The van der Waals surface area contributed by atoms with Gasteiger partial charge in [-0.3, -0.25) is 9.59 Å². The summed E-state index contributed by atoms with van der Waals surface area (Å²) in [6, 6.07) is -0.745. The van der Waals surface area contributed by atoms with Gasteiger partial charge in [-0.2, -0.15) is 0 Å². The molecule has 2 aliphatic heterocycles. The Kier molecular flexibility index (Phi) is 6.94. The summed E-state index contributed by atoms with van der Waals surface area (Å²) in [5.41, 5.74) is 6.40. The summed E-state index contributed by atoms with van der Waals surface area (Å²) in [6.07, 6.45) is 2.10. The van der Waals surface area contributed by atoms with Gasteiger partial charge in [-0.05, 0) is 19.3 Å². The van der Waals surface area contributed by atoms with E-state index in [0.29, 0.717) is 12.0 Å². The van der Waals surface area contributed by atoms with Gasteiger partial charge in [-0.25, -0.2) is 0 Å². The molecule has 0 radical (unpaired) electrons. The number of hydrogen-bond acceptors (Lipinski definition) is 8. The largest absolute Gasteiger partial charge is 0.462 e. The molecule has 0 saturated carbocycles. The van der Waals surface area contributed by atoms with Gasteiger partial charge in [0, 0.05) is 18.0 Å². The van der Waals surface area contributed by atoms with E-state index in [9.17, 15) is 19.8 Å². The fourth-order valence-electron chi connectivity index (χ4n) is 2.83. The zero-order valence-electron chi connectivity index (χ0n) is 15.4. The number of nitrogens with two attached hydrogens (primary N) is 1. The first kappa shape index (κ1) is 20.6. The number of hydrogen-bond donors (Lipinski definition) is 3. The number of carbonyl (C=O) groups is 2. The number of allylic oxidation sites excluding steroid dienone is 2. The van der Waals surface area contributed by atoms with Gasteiger partial charge in [-0.15, -0.1) is 0 Å². The van der Waals surface area contributed by atoms with Crippen LogP contribution >= 0.6 is 0 Å². The number of ketones is 1. The van der Waals surface area contributed by atoms with Crippen molar-refractivity contribution in [2.75, 3.05) is 6.61 Å². The lowest BCUT2D eigenvalue weighted by Crippen LogP contribution is -2.41. The maximum Gasteiger partial charge on any atom is 0.323 e. The molecule has 0 spiro atoms. The van der Waals surface area contributed by atoms with E-state index in [1.165, 1.54) is 6.92 Å². The lowest BCUT2D eigenvalue weighted by Gasteiger charge is -2.28. The molecule has 1 fully saturated rings. The average Bonchev–Trinajstić information content (AvgIpc) is 2.93. The molecule has 2 heterocycles. The van der Waals surface area contributed by atoms with E-state index in [0.717, 1.165) is 6.42 Å². The van der Waals surface area contributed by atoms with Crippen molar-refractivity contribution in [1.29, 1.82) is 0 Å². The Bertz CT molecular complexity index is 590. The van der Waals surface area contributed by atoms with Gasteiger partial charge >= 0.3 is 5.97 Å². The van der Waals surface area contributed by atoms with E-state index in [4.69, 9.17) is 15.2 Å². The third-order valence-electron chi connectivity index (χ3n) is 4.92. The molecular formula is C18H28N2O6. The van der Waals surface area contributed by atoms with Crippen LogP contribution in [0.15, 0.2) is 24.0 Å². The predicted molar refractivity (Wildman–Crippen MR) is 93.4 cm³/mol. The smallest absolute Gasteiger partial charge is 0.323 e. The Morgan fingerprint density at radius 2 is 2.12 bits per heavy atom. The molecule has 26 heavy (non-hydrogen) atoms. The summed E-state index contributed by atoms with van der Waals surface area (Å²) in [7, 11) is 0. The molecule has 2 aliphatic rings. The summed E-state index contributed by atoms with van der Waals surface area (Å²) >= 11 is 0. The van der Waals surface area contributed by atoms with Crippen molar-refractivity contribution in [2.24, 2.45) is 11.7 Å². The summed E-state index contributed by atoms with van der Waals surface area (Å²) in [5, 5.41) is 20.5. The minimum Gasteiger partial charge on any atom is -0.462 e. The predicted octanol–water partition coefficient (Wildman–Crippen LogP) is 0.0420. The van der Waals surface area contributed by atoms with Gasteiger partial charge in [0.25, 0.3) is 0 Å². The van der Waals surface area contributed by atoms with Crippen LogP contribution in [-0.2, 0) is 19.1 Å². The van der Waals surface area contributed by atoms with E-state index in [1.54, 1.807) is 23.4 Å². The second-order valence-electron chi connectivity index (χ2n) is 6.83. The molecule has 0 bridgehead atoms. The number of ether oxygens (including phenoxy) is 2. The Balaban J connectivity index is 1.97. The monoisotopic (exact) mass is 368 g/mol. The van der Waals surface area contributed by atoms with Crippen molar-refractivity contribution in [3.05, 3.63) is 24.0 Å². The molecule has 2 rings (SSSR count). The first-order valence-corrected chi connectivity index (χ1v) is 8.85. The molecule has 0 amide bonds. The first-order chi connectivity index (χ1) is 12.3. The Hall–Kier alpha value is -1.74. The van der Waals surface area contributed by atoms with Crippen LogP contribution in [0, 0.1) is 5.92 Å². The van der Waals surface area contributed by atoms with Gasteiger partial charge in [0.2, 0.25) is 0 Å². The molecule has 0 aromatic carbocycles. The summed E-state index contributed by atoms with van der Waals surface area (Å²) in [4.78, 5) is 25.1. The Labute approximate surface area is 153 Å². The van der Waals surface area contributed by atoms with Crippen LogP contribution in [0.5, 0.6) is 0 Å². The Morgan fingerprint density at radius 1 is 1.42 bits per heavy atom. The number of nitrogens with zero attached hydrogens (tertiary/aromatic N) is 1. The van der Waals surface area contributed by atoms with Crippen molar-refractivity contribution in [2.45, 2.75) is 64.2 Å². The van der Waals surface area contributed by atoms with Crippen LogP contribution in [0.3, 0.4) is 0 Å². The summed E-state index contributed by atoms with van der Waals surface area (Å²) < 4.78 is 10.8. The fourth-order valence-corrected chi connectivity index (χ4v) is 2.83. The highest BCUT2D eigenvalue weighted by Gasteiger charge is 2.45. The zero-order chi connectivity index (χ0) is 19.4. The SMILES string of the molecule is CC[C@H](C)[C@H](N)C(=O)OC[C@H]1O[C@@H](N2C=CCC(C(C)=O)=C2)[C@H](O)[C@@H]1O. The highest BCUT2D eigenvalue weighted by Crippen LogP contribution is 2.27. The molecule has 1 saturated heterocycles. The number of carbonyl (C=O) groups excluding carboxylic acids is 2. The van der Waals surface area contributed by atoms with Crippen molar-refractivity contribution in [3.8, 4) is 0 Å². The maximum absolute atomic E-state index is 12.0. The highest BCUT2D eigenvalue weighted by atomic mass is 16.6. The van der Waals surface area contributed by atoms with Crippen LogP contribution in [0.1, 0.15) is 33.6 Å². The number of aliphatic hydroxyl groups is 2. The third-order valence-corrected chi connectivity index (χ3v) is 4.92. The highest BCUT2D eigenvalue weighted by molar-refractivity contribution is 5.93. The molecule has 4 N–H and O–H groups in total. The lowest BCUT2D eigenvalue weighted by molar-refractivity contribution is -0.153. The number of Topliss-reactive ketones (excluding diaryl/α,β-unsaturated/α-hetero) is 1. The van der Waals surface area contributed by atoms with Gasteiger partial charge in [0.15, 0.2) is 12.0 Å². The van der Waals surface area contributed by atoms with Crippen LogP contribution < -0.4 is 5.73 Å². The van der Waals surface area contributed by atoms with Crippen molar-refractivity contribution in [3.63, 3.8) is 0 Å². The number of esters is 1. The van der Waals surface area contributed by atoms with Crippen molar-refractivity contribution < 1.29 is 29.3 Å². The third kappa shape index (κ3) is 4.50. The number of rotatable bonds is 7. The standard InChI is InChI=1S/C18H28N2O6/c1-4-10(2)14(19)18(24)25-9-13-15(22)16(23)17(26-13)20-7-5-6-12(8-20)11(3)21/h5,7-8,10,13-17,22-23H,4,6,9,19H2,1-3H3/t10-,13+,14-,15+,16+,17+/m0/s1. The molecule has 0 unspecified atom stereocenters. The van der Waals surface area contributed by atoms with Crippen LogP contribution in [0.2, 0.25) is 0 Å². The van der Waals surface area contributed by atoms with Gasteiger partial charge < -0.3 is 30.3 Å². The first-order valence-electron chi connectivity index (χ1n) is 8.85. The summed E-state index contributed by atoms with van der Waals surface area (Å²) in [5.74, 6) is -0.662. The van der Waals surface area contributed by atoms with E-state index in [-0.39, 0.29) is 18.3 Å². The van der Waals surface area contributed by atoms with E-state index >= 15 is 0 Å². The maximum atomic E-state index is 12.0. The molecule has 6 atom stereocenters. The minimum atomic E-state index is -1.22. The molecule has 0 aromatic rings. The second kappa shape index (κ2) is 8.77. The second-order valence-corrected chi connectivity index (χ2v) is 6.83. The minimum absolute atomic E-state index is 0.0242. The lowest BCUT2D eigenvalue weighted by atomic mass is 10.0. The van der Waals surface area contributed by atoms with E-state index in [1.807, 2.05) is 13.8 Å². The van der Waals surface area contributed by atoms with Crippen LogP contribution in [0.25, 0.3) is 0 Å². The Morgan fingerprint density at radius 3 is 2.73 bits per heavy atom. The molecule has 8 heteroatoms. The molecule has 0 aromatic heterocycles. The van der Waals surface area contributed by atoms with Gasteiger partial charge in [0.05, 0.1) is 0 Å². The molecule has 0 aliphatic carbocycles. The normalized spacial score (nSPS) is 30.7. The fraction of sp³-hybridized carbons (Fsp3) is 0.667. The topological polar surface area (TPSA) is 122 Å². The van der Waals surface area contributed by atoms with Crippen LogP contribution in [0.4, 0.5) is 0 Å². The molecule has 8 nitrogen and oxygen atoms in total. The zero-order valence-corrected chi connectivity index (χ0v) is 15.4. The quantitative estimate of drug-likeness (QED) is 0.539. The van der Waals surface area contributed by atoms with Crippen molar-refractivity contribution in [1.82, 2.24) is 4.90 Å². The van der Waals surface area contributed by atoms with E-state index < -0.39 is 36.6 Å². The average molecular weight is 368 g/mol. The van der Waals surface area contributed by atoms with Crippen LogP contribution in [-0.4, -0.2) is 64.1 Å². The van der Waals surface area contributed by atoms with Gasteiger partial charge in [0.1, 0.15) is 31.0 Å². The van der Waals surface area contributed by atoms with E-state index in [2.05, 4.69) is 0 Å².